The van der Waals surface area contributed by atoms with Gasteiger partial charge in [0, 0.05) is 0 Å². The highest BCUT2D eigenvalue weighted by Gasteiger charge is 2.07. The zero-order valence-corrected chi connectivity index (χ0v) is 16.2. The minimum atomic E-state index is 1.27. The van der Waals surface area contributed by atoms with E-state index >= 15 is 0 Å². The smallest absolute Gasteiger partial charge is 0.0154 e. The molecule has 0 saturated carbocycles. The number of aryl methyl sites for hydroxylation is 3. The molecule has 0 aromatic heterocycles. The van der Waals surface area contributed by atoms with Gasteiger partial charge in [-0.1, -0.05) is 96.6 Å². The molecule has 0 saturated heterocycles. The van der Waals surface area contributed by atoms with Gasteiger partial charge in [-0.25, -0.2) is 0 Å². The van der Waals surface area contributed by atoms with Crippen LogP contribution in [-0.2, 0) is 0 Å². The molecule has 4 aromatic rings. The second-order valence-corrected chi connectivity index (χ2v) is 7.29. The molecule has 0 bridgehead atoms. The van der Waals surface area contributed by atoms with Gasteiger partial charge in [0.05, 0.1) is 0 Å². The van der Waals surface area contributed by atoms with Crippen LogP contribution < -0.4 is 0 Å². The maximum absolute atomic E-state index is 2.30. The van der Waals surface area contributed by atoms with Gasteiger partial charge in [0.1, 0.15) is 0 Å². The molecule has 0 aliphatic heterocycles. The van der Waals surface area contributed by atoms with Crippen molar-refractivity contribution >= 4 is 0 Å². The highest BCUT2D eigenvalue weighted by Crippen LogP contribution is 2.31. The van der Waals surface area contributed by atoms with Crippen LogP contribution in [0.4, 0.5) is 0 Å². The molecule has 0 amide bonds. The lowest BCUT2D eigenvalue weighted by Crippen LogP contribution is -1.88. The lowest BCUT2D eigenvalue weighted by atomic mass is 9.93. The lowest BCUT2D eigenvalue weighted by Gasteiger charge is -2.12. The fourth-order valence-corrected chi connectivity index (χ4v) is 3.69. The van der Waals surface area contributed by atoms with Gasteiger partial charge in [-0.15, -0.1) is 0 Å². The summed E-state index contributed by atoms with van der Waals surface area (Å²) in [5.74, 6) is 0. The summed E-state index contributed by atoms with van der Waals surface area (Å²) in [5.41, 5.74) is 11.6. The summed E-state index contributed by atoms with van der Waals surface area (Å²) in [6.07, 6.45) is 0. The summed E-state index contributed by atoms with van der Waals surface area (Å²) in [6, 6.07) is 32.9. The van der Waals surface area contributed by atoms with E-state index in [1.807, 2.05) is 0 Å². The molecular weight excluding hydrogens is 324 g/mol. The Morgan fingerprint density at radius 2 is 0.852 bits per heavy atom. The van der Waals surface area contributed by atoms with Crippen molar-refractivity contribution in [2.75, 3.05) is 0 Å². The summed E-state index contributed by atoms with van der Waals surface area (Å²) in [4.78, 5) is 0. The Bertz CT molecular complexity index is 1070. The van der Waals surface area contributed by atoms with E-state index in [1.54, 1.807) is 0 Å². The Balaban J connectivity index is 1.69. The fraction of sp³-hybridized carbons (Fsp3) is 0.111. The van der Waals surface area contributed by atoms with E-state index < -0.39 is 0 Å². The largest absolute Gasteiger partial charge is 0.0622 e. The van der Waals surface area contributed by atoms with E-state index in [4.69, 9.17) is 0 Å². The van der Waals surface area contributed by atoms with Crippen molar-refractivity contribution in [3.05, 3.63) is 108 Å². The van der Waals surface area contributed by atoms with Gasteiger partial charge in [0.15, 0.2) is 0 Å². The van der Waals surface area contributed by atoms with Gasteiger partial charge in [-0.05, 0) is 65.3 Å². The highest BCUT2D eigenvalue weighted by molar-refractivity contribution is 5.77. The molecule has 4 aromatic carbocycles. The molecule has 0 aliphatic rings. The minimum Gasteiger partial charge on any atom is -0.0622 e. The van der Waals surface area contributed by atoms with Crippen LogP contribution in [-0.4, -0.2) is 0 Å². The monoisotopic (exact) mass is 348 g/mol. The first-order valence-corrected chi connectivity index (χ1v) is 9.46. The first-order valence-electron chi connectivity index (χ1n) is 9.46. The summed E-state index contributed by atoms with van der Waals surface area (Å²) < 4.78 is 0. The first kappa shape index (κ1) is 17.3. The molecular formula is C27H24. The second-order valence-electron chi connectivity index (χ2n) is 7.29. The molecule has 4 rings (SSSR count). The highest BCUT2D eigenvalue weighted by atomic mass is 14.1. The topological polar surface area (TPSA) is 0 Å². The van der Waals surface area contributed by atoms with Crippen molar-refractivity contribution in [2.24, 2.45) is 0 Å². The minimum absolute atomic E-state index is 1.27. The molecule has 27 heavy (non-hydrogen) atoms. The molecule has 0 fully saturated rings. The van der Waals surface area contributed by atoms with Crippen LogP contribution >= 0.6 is 0 Å². The molecule has 132 valence electrons. The molecule has 0 heteroatoms. The van der Waals surface area contributed by atoms with E-state index in [0.717, 1.165) is 0 Å². The molecule has 0 unspecified atom stereocenters. The van der Waals surface area contributed by atoms with Crippen LogP contribution in [0, 0.1) is 20.8 Å². The van der Waals surface area contributed by atoms with E-state index in [2.05, 4.69) is 112 Å². The normalized spacial score (nSPS) is 10.8. The van der Waals surface area contributed by atoms with Crippen LogP contribution in [0.2, 0.25) is 0 Å². The first-order chi connectivity index (χ1) is 13.1. The third kappa shape index (κ3) is 3.57. The predicted octanol–water partition coefficient (Wildman–Crippen LogP) is 7.61. The van der Waals surface area contributed by atoms with E-state index in [9.17, 15) is 0 Å². The SMILES string of the molecule is Cc1ccc(-c2ccc(-c3ccc(-c4ccccc4)c(C)c3)cc2C)cc1. The Hall–Kier alpha value is -3.12. The molecule has 0 N–H and O–H groups in total. The van der Waals surface area contributed by atoms with Crippen molar-refractivity contribution in [2.45, 2.75) is 20.8 Å². The molecule has 0 aliphatic carbocycles. The van der Waals surface area contributed by atoms with Gasteiger partial charge < -0.3 is 0 Å². The number of hydrogen-bond acceptors (Lipinski definition) is 0. The van der Waals surface area contributed by atoms with Crippen LogP contribution in [0.1, 0.15) is 16.7 Å². The van der Waals surface area contributed by atoms with Crippen LogP contribution in [0.5, 0.6) is 0 Å². The quantitative estimate of drug-likeness (QED) is 0.357. The fourth-order valence-electron chi connectivity index (χ4n) is 3.69. The van der Waals surface area contributed by atoms with Crippen molar-refractivity contribution in [3.63, 3.8) is 0 Å². The summed E-state index contributed by atoms with van der Waals surface area (Å²) >= 11 is 0. The number of benzene rings is 4. The van der Waals surface area contributed by atoms with Crippen LogP contribution in [0.3, 0.4) is 0 Å². The summed E-state index contributed by atoms with van der Waals surface area (Å²) in [7, 11) is 0. The molecule has 0 spiro atoms. The van der Waals surface area contributed by atoms with Crippen molar-refractivity contribution in [3.8, 4) is 33.4 Å². The van der Waals surface area contributed by atoms with Crippen molar-refractivity contribution in [1.82, 2.24) is 0 Å². The van der Waals surface area contributed by atoms with Crippen LogP contribution in [0.25, 0.3) is 33.4 Å². The Morgan fingerprint density at radius 1 is 0.407 bits per heavy atom. The predicted molar refractivity (Wildman–Crippen MR) is 117 cm³/mol. The van der Waals surface area contributed by atoms with E-state index in [-0.39, 0.29) is 0 Å². The van der Waals surface area contributed by atoms with Gasteiger partial charge >= 0.3 is 0 Å². The summed E-state index contributed by atoms with van der Waals surface area (Å²) in [5, 5.41) is 0. The Labute approximate surface area is 162 Å². The van der Waals surface area contributed by atoms with Gasteiger partial charge in [0.2, 0.25) is 0 Å². The molecule has 0 atom stereocenters. The number of hydrogen-bond donors (Lipinski definition) is 0. The number of rotatable bonds is 3. The average molecular weight is 348 g/mol. The standard InChI is InChI=1S/C27H24/c1-19-9-11-23(12-10-19)27-16-14-25(18-21(27)3)24-13-15-26(20(2)17-24)22-7-5-4-6-8-22/h4-18H,1-3H3. The van der Waals surface area contributed by atoms with E-state index in [1.165, 1.54) is 50.1 Å². The molecule has 0 nitrogen and oxygen atoms in total. The Kier molecular flexibility index (Phi) is 4.64. The zero-order chi connectivity index (χ0) is 18.8. The zero-order valence-electron chi connectivity index (χ0n) is 16.2. The van der Waals surface area contributed by atoms with Crippen LogP contribution in [0.15, 0.2) is 91.0 Å². The maximum atomic E-state index is 2.30. The van der Waals surface area contributed by atoms with Crippen molar-refractivity contribution < 1.29 is 0 Å². The second kappa shape index (κ2) is 7.25. The molecule has 0 radical (unpaired) electrons. The lowest BCUT2D eigenvalue weighted by molar-refractivity contribution is 1.42. The third-order valence-electron chi connectivity index (χ3n) is 5.23. The van der Waals surface area contributed by atoms with Gasteiger partial charge in [-0.3, -0.25) is 0 Å². The average Bonchev–Trinajstić information content (AvgIpc) is 2.69. The molecule has 0 heterocycles. The Morgan fingerprint density at radius 3 is 1.33 bits per heavy atom. The summed E-state index contributed by atoms with van der Waals surface area (Å²) in [6.45, 7) is 6.52. The van der Waals surface area contributed by atoms with Gasteiger partial charge in [-0.2, -0.15) is 0 Å². The van der Waals surface area contributed by atoms with E-state index in [0.29, 0.717) is 0 Å². The third-order valence-corrected chi connectivity index (χ3v) is 5.23. The van der Waals surface area contributed by atoms with Crippen molar-refractivity contribution in [1.29, 1.82) is 0 Å². The van der Waals surface area contributed by atoms with Gasteiger partial charge in [0.25, 0.3) is 0 Å². The maximum Gasteiger partial charge on any atom is -0.0154 e.